The molecule has 2 rings (SSSR count). The van der Waals surface area contributed by atoms with Gasteiger partial charge in [0.05, 0.1) is 0 Å². The normalized spacial score (nSPS) is 19.9. The Morgan fingerprint density at radius 3 is 2.89 bits per heavy atom. The maximum absolute atomic E-state index is 11.5. The summed E-state index contributed by atoms with van der Waals surface area (Å²) in [7, 11) is 0. The van der Waals surface area contributed by atoms with Gasteiger partial charge in [-0.15, -0.1) is 0 Å². The van der Waals surface area contributed by atoms with E-state index in [0.717, 1.165) is 12.8 Å². The van der Waals surface area contributed by atoms with E-state index in [0.29, 0.717) is 19.1 Å². The predicted molar refractivity (Wildman–Crippen MR) is 61.3 cm³/mol. The minimum Gasteiger partial charge on any atom is -0.493 e. The van der Waals surface area contributed by atoms with Crippen LogP contribution >= 0.6 is 0 Å². The van der Waals surface area contributed by atoms with Gasteiger partial charge in [0.1, 0.15) is 19.5 Å². The molecule has 1 N–H and O–H groups in total. The summed E-state index contributed by atoms with van der Waals surface area (Å²) >= 11 is 0. The first-order chi connectivity index (χ1) is 8.66. The van der Waals surface area contributed by atoms with Crippen LogP contribution in [-0.2, 0) is 23.8 Å². The maximum Gasteiger partial charge on any atom is 0.377 e. The van der Waals surface area contributed by atoms with Crippen molar-refractivity contribution >= 4 is 11.9 Å². The van der Waals surface area contributed by atoms with E-state index in [1.807, 2.05) is 6.92 Å². The zero-order chi connectivity index (χ0) is 13.0. The summed E-state index contributed by atoms with van der Waals surface area (Å²) in [4.78, 5) is 23.0. The quantitative estimate of drug-likeness (QED) is 0.717. The van der Waals surface area contributed by atoms with Gasteiger partial charge in [-0.25, -0.2) is 4.79 Å². The van der Waals surface area contributed by atoms with Crippen molar-refractivity contribution in [2.24, 2.45) is 5.92 Å². The molecule has 1 aliphatic carbocycles. The number of amides is 1. The number of hydrogen-bond acceptors (Lipinski definition) is 5. The van der Waals surface area contributed by atoms with Crippen molar-refractivity contribution in [3.05, 3.63) is 12.0 Å². The number of carbonyl (C=O) groups excluding carboxylic acids is 2. The first-order valence-electron chi connectivity index (χ1n) is 6.08. The molecule has 1 saturated carbocycles. The van der Waals surface area contributed by atoms with E-state index < -0.39 is 5.97 Å². The Morgan fingerprint density at radius 1 is 1.50 bits per heavy atom. The zero-order valence-corrected chi connectivity index (χ0v) is 10.3. The molecule has 1 fully saturated rings. The third kappa shape index (κ3) is 3.65. The molecule has 100 valence electrons. The third-order valence-corrected chi connectivity index (χ3v) is 2.90. The van der Waals surface area contributed by atoms with E-state index in [2.05, 4.69) is 5.32 Å². The Hall–Kier alpha value is -1.72. The van der Waals surface area contributed by atoms with Crippen LogP contribution in [-0.4, -0.2) is 37.7 Å². The van der Waals surface area contributed by atoms with E-state index in [1.165, 1.54) is 6.26 Å². The summed E-state index contributed by atoms with van der Waals surface area (Å²) in [6.07, 6.45) is 3.51. The van der Waals surface area contributed by atoms with Crippen LogP contribution in [0.5, 0.6) is 0 Å². The lowest BCUT2D eigenvalue weighted by molar-refractivity contribution is -0.149. The van der Waals surface area contributed by atoms with Crippen molar-refractivity contribution in [1.29, 1.82) is 0 Å². The van der Waals surface area contributed by atoms with E-state index in [1.54, 1.807) is 0 Å². The molecule has 0 aromatic heterocycles. The molecule has 0 bridgehead atoms. The van der Waals surface area contributed by atoms with Crippen molar-refractivity contribution in [3.63, 3.8) is 0 Å². The lowest BCUT2D eigenvalue weighted by Crippen LogP contribution is -2.37. The highest BCUT2D eigenvalue weighted by atomic mass is 16.6. The van der Waals surface area contributed by atoms with Crippen LogP contribution in [0.1, 0.15) is 19.8 Å². The lowest BCUT2D eigenvalue weighted by Gasteiger charge is -2.15. The summed E-state index contributed by atoms with van der Waals surface area (Å²) in [5.74, 6) is -0.393. The van der Waals surface area contributed by atoms with Gasteiger partial charge < -0.3 is 19.5 Å². The van der Waals surface area contributed by atoms with Crippen LogP contribution in [0.15, 0.2) is 12.0 Å². The second-order valence-corrected chi connectivity index (χ2v) is 4.47. The second kappa shape index (κ2) is 5.75. The lowest BCUT2D eigenvalue weighted by atomic mass is 10.2. The molecular weight excluding hydrogens is 238 g/mol. The van der Waals surface area contributed by atoms with E-state index in [4.69, 9.17) is 14.2 Å². The topological polar surface area (TPSA) is 73.9 Å². The van der Waals surface area contributed by atoms with Crippen molar-refractivity contribution in [2.45, 2.75) is 25.8 Å². The van der Waals surface area contributed by atoms with Crippen LogP contribution in [0.3, 0.4) is 0 Å². The molecule has 0 spiro atoms. The van der Waals surface area contributed by atoms with Crippen LogP contribution in [0.25, 0.3) is 0 Å². The maximum atomic E-state index is 11.5. The first-order valence-corrected chi connectivity index (χ1v) is 6.08. The monoisotopic (exact) mass is 255 g/mol. The molecule has 0 aromatic carbocycles. The number of nitrogens with one attached hydrogen (secondary N) is 1. The van der Waals surface area contributed by atoms with Crippen molar-refractivity contribution in [3.8, 4) is 0 Å². The van der Waals surface area contributed by atoms with Gasteiger partial charge in [0.15, 0.2) is 6.61 Å². The fraction of sp³-hybridized carbons (Fsp3) is 0.667. The van der Waals surface area contributed by atoms with Gasteiger partial charge in [0.25, 0.3) is 5.91 Å². The van der Waals surface area contributed by atoms with Crippen LogP contribution in [0, 0.1) is 5.92 Å². The van der Waals surface area contributed by atoms with Gasteiger partial charge in [-0.1, -0.05) is 0 Å². The molecule has 18 heavy (non-hydrogen) atoms. The molecular formula is C12H17NO5. The standard InChI is InChI=1S/C12H17NO5/c1-8(9-2-3-9)13-11(14)7-18-12(15)10-6-16-4-5-17-10/h6,8-9H,2-5,7H2,1H3,(H,13,14)/t8-/m0/s1. The number of rotatable bonds is 5. The number of carbonyl (C=O) groups is 2. The van der Waals surface area contributed by atoms with Gasteiger partial charge in [-0.2, -0.15) is 0 Å². The Bertz CT molecular complexity index is 361. The zero-order valence-electron chi connectivity index (χ0n) is 10.3. The molecule has 0 radical (unpaired) electrons. The van der Waals surface area contributed by atoms with E-state index >= 15 is 0 Å². The van der Waals surface area contributed by atoms with E-state index in [9.17, 15) is 9.59 Å². The third-order valence-electron chi connectivity index (χ3n) is 2.90. The summed E-state index contributed by atoms with van der Waals surface area (Å²) in [6.45, 7) is 2.39. The molecule has 0 unspecified atom stereocenters. The van der Waals surface area contributed by atoms with Gasteiger partial charge in [0, 0.05) is 6.04 Å². The molecule has 0 saturated heterocycles. The average molecular weight is 255 g/mol. The fourth-order valence-corrected chi connectivity index (χ4v) is 1.69. The SMILES string of the molecule is C[C@H](NC(=O)COC(=O)C1=COCCO1)C1CC1. The number of hydrogen-bond donors (Lipinski definition) is 1. The highest BCUT2D eigenvalue weighted by Gasteiger charge is 2.29. The summed E-state index contributed by atoms with van der Waals surface area (Å²) in [6, 6.07) is 0.143. The van der Waals surface area contributed by atoms with Gasteiger partial charge in [0.2, 0.25) is 5.76 Å². The Balaban J connectivity index is 1.68. The molecule has 1 amide bonds. The summed E-state index contributed by atoms with van der Waals surface area (Å²) in [5, 5.41) is 2.79. The highest BCUT2D eigenvalue weighted by Crippen LogP contribution is 2.32. The molecule has 6 heteroatoms. The number of ether oxygens (including phenoxy) is 3. The molecule has 0 aromatic rings. The Kier molecular flexibility index (Phi) is 4.07. The van der Waals surface area contributed by atoms with Crippen LogP contribution < -0.4 is 5.32 Å². The van der Waals surface area contributed by atoms with Crippen molar-refractivity contribution in [1.82, 2.24) is 5.32 Å². The minimum atomic E-state index is -0.677. The Morgan fingerprint density at radius 2 is 2.28 bits per heavy atom. The molecule has 1 heterocycles. The minimum absolute atomic E-state index is 0.00397. The molecule has 2 aliphatic rings. The molecule has 1 aliphatic heterocycles. The van der Waals surface area contributed by atoms with Crippen LogP contribution in [0.2, 0.25) is 0 Å². The van der Waals surface area contributed by atoms with Gasteiger partial charge >= 0.3 is 5.97 Å². The smallest absolute Gasteiger partial charge is 0.377 e. The largest absolute Gasteiger partial charge is 0.493 e. The summed E-state index contributed by atoms with van der Waals surface area (Å²) < 4.78 is 14.8. The summed E-state index contributed by atoms with van der Waals surface area (Å²) in [5.41, 5.74) is 0. The Labute approximate surface area is 105 Å². The fourth-order valence-electron chi connectivity index (χ4n) is 1.69. The van der Waals surface area contributed by atoms with Gasteiger partial charge in [-0.05, 0) is 25.7 Å². The van der Waals surface area contributed by atoms with E-state index in [-0.39, 0.29) is 24.3 Å². The van der Waals surface area contributed by atoms with Crippen molar-refractivity contribution < 1.29 is 23.8 Å². The molecule has 1 atom stereocenters. The highest BCUT2D eigenvalue weighted by molar-refractivity contribution is 5.88. The first kappa shape index (κ1) is 12.7. The van der Waals surface area contributed by atoms with Crippen LogP contribution in [0.4, 0.5) is 0 Å². The molecule has 6 nitrogen and oxygen atoms in total. The van der Waals surface area contributed by atoms with Gasteiger partial charge in [-0.3, -0.25) is 4.79 Å². The second-order valence-electron chi connectivity index (χ2n) is 4.47. The predicted octanol–water partition coefficient (Wildman–Crippen LogP) is 0.332. The number of esters is 1. The van der Waals surface area contributed by atoms with Crippen molar-refractivity contribution in [2.75, 3.05) is 19.8 Å². The average Bonchev–Trinajstić information content (AvgIpc) is 3.21.